The number of esters is 1. The summed E-state index contributed by atoms with van der Waals surface area (Å²) >= 11 is 0. The molecule has 180 valence electrons. The molecule has 34 heavy (non-hydrogen) atoms. The van der Waals surface area contributed by atoms with Gasteiger partial charge in [-0.15, -0.1) is 0 Å². The van der Waals surface area contributed by atoms with Crippen LogP contribution in [0.4, 0.5) is 0 Å². The van der Waals surface area contributed by atoms with Gasteiger partial charge in [0.2, 0.25) is 5.75 Å². The molecular formula is C27H30O7. The Hall–Kier alpha value is -3.06. The fraction of sp³-hybridized carbons (Fsp3) is 0.481. The number of ether oxygens (including phenoxy) is 5. The van der Waals surface area contributed by atoms with Crippen molar-refractivity contribution in [1.82, 2.24) is 0 Å². The lowest BCUT2D eigenvalue weighted by Gasteiger charge is -2.39. The van der Waals surface area contributed by atoms with Gasteiger partial charge in [0.1, 0.15) is 18.1 Å². The molecule has 2 aromatic carbocycles. The summed E-state index contributed by atoms with van der Waals surface area (Å²) in [5, 5.41) is 0. The number of ketones is 1. The predicted molar refractivity (Wildman–Crippen MR) is 125 cm³/mol. The van der Waals surface area contributed by atoms with Crippen LogP contribution >= 0.6 is 0 Å². The van der Waals surface area contributed by atoms with Crippen molar-refractivity contribution in [3.05, 3.63) is 41.5 Å². The van der Waals surface area contributed by atoms with Crippen LogP contribution in [0.25, 0.3) is 11.1 Å². The second kappa shape index (κ2) is 9.29. The van der Waals surface area contributed by atoms with E-state index in [1.807, 2.05) is 30.3 Å². The van der Waals surface area contributed by atoms with E-state index in [1.54, 1.807) is 14.2 Å². The Labute approximate surface area is 199 Å². The third kappa shape index (κ3) is 3.92. The van der Waals surface area contributed by atoms with Crippen LogP contribution < -0.4 is 14.2 Å². The number of carbonyl (C=O) groups excluding carboxylic acids is 2. The van der Waals surface area contributed by atoms with Crippen LogP contribution in [-0.2, 0) is 20.7 Å². The van der Waals surface area contributed by atoms with Gasteiger partial charge in [0.15, 0.2) is 17.3 Å². The molecule has 1 atom stereocenters. The minimum Gasteiger partial charge on any atom is -0.493 e. The van der Waals surface area contributed by atoms with Gasteiger partial charge in [0, 0.05) is 24.0 Å². The Kier molecular flexibility index (Phi) is 6.21. The second-order valence-electron chi connectivity index (χ2n) is 9.25. The van der Waals surface area contributed by atoms with E-state index in [-0.39, 0.29) is 24.5 Å². The standard InChI is InChI=1S/C27H30O7/c1-30-23-10-8-21(18-5-3-6-20-19(18)7-9-22(20)28)24(25(23)31-2)33-16-27(12-4-13-27)26(29)34-17-11-14-32-15-17/h3,5-6,8,10,17H,4,7,9,11-16H2,1-2H3/t17-/m1/s1. The van der Waals surface area contributed by atoms with Gasteiger partial charge in [-0.3, -0.25) is 9.59 Å². The molecule has 0 N–H and O–H groups in total. The van der Waals surface area contributed by atoms with E-state index in [0.29, 0.717) is 43.3 Å². The summed E-state index contributed by atoms with van der Waals surface area (Å²) in [6.07, 6.45) is 4.14. The van der Waals surface area contributed by atoms with Crippen molar-refractivity contribution < 1.29 is 33.3 Å². The van der Waals surface area contributed by atoms with Crippen molar-refractivity contribution in [3.63, 3.8) is 0 Å². The first-order valence-electron chi connectivity index (χ1n) is 11.9. The molecule has 0 bridgehead atoms. The van der Waals surface area contributed by atoms with Crippen molar-refractivity contribution >= 4 is 11.8 Å². The topological polar surface area (TPSA) is 80.3 Å². The Morgan fingerprint density at radius 1 is 1.03 bits per heavy atom. The number of Topliss-reactive ketones (excluding diaryl/α,β-unsaturated/α-hetero) is 1. The first kappa shape index (κ1) is 22.7. The predicted octanol–water partition coefficient (Wildman–Crippen LogP) is 4.38. The van der Waals surface area contributed by atoms with Crippen LogP contribution in [0.1, 0.15) is 48.0 Å². The highest BCUT2D eigenvalue weighted by molar-refractivity contribution is 6.02. The number of methoxy groups -OCH3 is 2. The van der Waals surface area contributed by atoms with E-state index >= 15 is 0 Å². The first-order valence-corrected chi connectivity index (χ1v) is 11.9. The van der Waals surface area contributed by atoms with Crippen molar-refractivity contribution in [2.75, 3.05) is 34.0 Å². The SMILES string of the molecule is COc1ccc(-c2cccc3c2CCC3=O)c(OCC2(C(=O)O[C@@H]3CCOC3)CCC2)c1OC. The van der Waals surface area contributed by atoms with Crippen LogP contribution in [0.2, 0.25) is 0 Å². The smallest absolute Gasteiger partial charge is 0.315 e. The molecule has 0 spiro atoms. The molecule has 2 aliphatic carbocycles. The molecule has 3 aliphatic rings. The van der Waals surface area contributed by atoms with E-state index in [0.717, 1.165) is 47.9 Å². The maximum atomic E-state index is 13.1. The fourth-order valence-corrected chi connectivity index (χ4v) is 5.10. The maximum Gasteiger partial charge on any atom is 0.315 e. The number of hydrogen-bond acceptors (Lipinski definition) is 7. The van der Waals surface area contributed by atoms with Crippen molar-refractivity contribution in [2.24, 2.45) is 5.41 Å². The summed E-state index contributed by atoms with van der Waals surface area (Å²) in [6.45, 7) is 1.26. The number of rotatable bonds is 8. The molecule has 0 aromatic heterocycles. The zero-order valence-corrected chi connectivity index (χ0v) is 19.7. The fourth-order valence-electron chi connectivity index (χ4n) is 5.10. The van der Waals surface area contributed by atoms with Crippen LogP contribution in [0.3, 0.4) is 0 Å². The average Bonchev–Trinajstić information content (AvgIpc) is 3.47. The van der Waals surface area contributed by atoms with Gasteiger partial charge in [-0.2, -0.15) is 0 Å². The lowest BCUT2D eigenvalue weighted by Crippen LogP contribution is -2.45. The van der Waals surface area contributed by atoms with Crippen molar-refractivity contribution in [1.29, 1.82) is 0 Å². The molecule has 1 saturated heterocycles. The monoisotopic (exact) mass is 466 g/mol. The van der Waals surface area contributed by atoms with Gasteiger partial charge in [0.25, 0.3) is 0 Å². The zero-order valence-electron chi connectivity index (χ0n) is 19.7. The molecule has 5 rings (SSSR count). The van der Waals surface area contributed by atoms with Gasteiger partial charge < -0.3 is 23.7 Å². The van der Waals surface area contributed by atoms with Gasteiger partial charge >= 0.3 is 5.97 Å². The lowest BCUT2D eigenvalue weighted by atomic mass is 9.69. The highest BCUT2D eigenvalue weighted by Gasteiger charge is 2.48. The lowest BCUT2D eigenvalue weighted by molar-refractivity contribution is -0.170. The summed E-state index contributed by atoms with van der Waals surface area (Å²) in [6, 6.07) is 9.54. The number of carbonyl (C=O) groups is 2. The Morgan fingerprint density at radius 3 is 2.53 bits per heavy atom. The van der Waals surface area contributed by atoms with Gasteiger partial charge in [0.05, 0.1) is 27.4 Å². The average molecular weight is 467 g/mol. The van der Waals surface area contributed by atoms with Crippen LogP contribution in [0.5, 0.6) is 17.2 Å². The first-order chi connectivity index (χ1) is 16.6. The van der Waals surface area contributed by atoms with E-state index < -0.39 is 5.41 Å². The van der Waals surface area contributed by atoms with E-state index in [4.69, 9.17) is 23.7 Å². The molecule has 7 nitrogen and oxygen atoms in total. The number of hydrogen-bond donors (Lipinski definition) is 0. The number of benzene rings is 2. The highest BCUT2D eigenvalue weighted by atomic mass is 16.6. The van der Waals surface area contributed by atoms with Gasteiger partial charge in [-0.25, -0.2) is 0 Å². The van der Waals surface area contributed by atoms with E-state index in [2.05, 4.69) is 0 Å². The zero-order chi connectivity index (χ0) is 23.7. The molecular weight excluding hydrogens is 436 g/mol. The van der Waals surface area contributed by atoms with Crippen molar-refractivity contribution in [2.45, 2.75) is 44.6 Å². The molecule has 2 aromatic rings. The summed E-state index contributed by atoms with van der Waals surface area (Å²) in [7, 11) is 3.15. The molecule has 0 radical (unpaired) electrons. The van der Waals surface area contributed by atoms with E-state index in [1.165, 1.54) is 0 Å². The molecule has 1 heterocycles. The summed E-state index contributed by atoms with van der Waals surface area (Å²) in [5.41, 5.74) is 2.85. The minimum absolute atomic E-state index is 0.159. The summed E-state index contributed by atoms with van der Waals surface area (Å²) < 4.78 is 28.8. The van der Waals surface area contributed by atoms with Gasteiger partial charge in [-0.05, 0) is 42.5 Å². The molecule has 1 saturated carbocycles. The molecule has 1 aliphatic heterocycles. The summed E-state index contributed by atoms with van der Waals surface area (Å²) in [5.74, 6) is 1.46. The Morgan fingerprint density at radius 2 is 1.85 bits per heavy atom. The Bertz CT molecular complexity index is 1100. The summed E-state index contributed by atoms with van der Waals surface area (Å²) in [4.78, 5) is 25.4. The van der Waals surface area contributed by atoms with Crippen LogP contribution in [0.15, 0.2) is 30.3 Å². The molecule has 2 fully saturated rings. The number of fused-ring (bicyclic) bond motifs is 1. The van der Waals surface area contributed by atoms with Crippen LogP contribution in [-0.4, -0.2) is 51.9 Å². The largest absolute Gasteiger partial charge is 0.493 e. The normalized spacial score (nSPS) is 20.4. The second-order valence-corrected chi connectivity index (χ2v) is 9.25. The molecule has 7 heteroatoms. The quantitative estimate of drug-likeness (QED) is 0.534. The molecule has 0 amide bonds. The van der Waals surface area contributed by atoms with Gasteiger partial charge in [-0.1, -0.05) is 24.6 Å². The third-order valence-electron chi connectivity index (χ3n) is 7.27. The van der Waals surface area contributed by atoms with Crippen molar-refractivity contribution in [3.8, 4) is 28.4 Å². The maximum absolute atomic E-state index is 13.1. The molecule has 0 unspecified atom stereocenters. The highest BCUT2D eigenvalue weighted by Crippen LogP contribution is 2.49. The minimum atomic E-state index is -0.678. The third-order valence-corrected chi connectivity index (χ3v) is 7.27. The Balaban J connectivity index is 1.48. The van der Waals surface area contributed by atoms with Crippen LogP contribution in [0, 0.1) is 5.41 Å². The van der Waals surface area contributed by atoms with E-state index in [9.17, 15) is 9.59 Å².